The van der Waals surface area contributed by atoms with E-state index in [1.54, 1.807) is 17.5 Å². The van der Waals surface area contributed by atoms with Gasteiger partial charge in [-0.05, 0) is 37.3 Å². The van der Waals surface area contributed by atoms with E-state index in [0.717, 1.165) is 30.2 Å². The van der Waals surface area contributed by atoms with E-state index >= 15 is 0 Å². The van der Waals surface area contributed by atoms with Crippen LogP contribution in [-0.4, -0.2) is 9.97 Å². The molecule has 0 saturated heterocycles. The van der Waals surface area contributed by atoms with Crippen molar-refractivity contribution in [1.29, 1.82) is 0 Å². The molecule has 0 bridgehead atoms. The second-order valence-electron chi connectivity index (χ2n) is 4.00. The van der Waals surface area contributed by atoms with Crippen molar-refractivity contribution in [2.75, 3.05) is 5.32 Å². The van der Waals surface area contributed by atoms with Crippen LogP contribution in [-0.2, 0) is 13.0 Å². The van der Waals surface area contributed by atoms with Crippen LogP contribution in [0.5, 0.6) is 0 Å². The first-order valence-electron chi connectivity index (χ1n) is 5.80. The highest BCUT2D eigenvalue weighted by molar-refractivity contribution is 7.10. The molecule has 0 saturated carbocycles. The fourth-order valence-corrected chi connectivity index (χ4v) is 2.55. The maximum absolute atomic E-state index is 4.46. The van der Waals surface area contributed by atoms with E-state index in [1.807, 2.05) is 13.8 Å². The topological polar surface area (TPSA) is 37.8 Å². The number of hydrogen-bond acceptors (Lipinski definition) is 4. The van der Waals surface area contributed by atoms with Gasteiger partial charge in [0.25, 0.3) is 0 Å². The molecule has 0 aromatic carbocycles. The van der Waals surface area contributed by atoms with Crippen molar-refractivity contribution >= 4 is 17.2 Å². The molecule has 2 rings (SSSR count). The number of thiophene rings is 1. The molecule has 2 heterocycles. The van der Waals surface area contributed by atoms with E-state index in [2.05, 4.69) is 33.7 Å². The Morgan fingerprint density at radius 1 is 1.29 bits per heavy atom. The summed E-state index contributed by atoms with van der Waals surface area (Å²) >= 11 is 1.79. The zero-order valence-electron chi connectivity index (χ0n) is 10.4. The first kappa shape index (κ1) is 12.0. The first-order chi connectivity index (χ1) is 8.20. The van der Waals surface area contributed by atoms with Gasteiger partial charge in [-0.1, -0.05) is 6.92 Å². The number of nitrogens with one attached hydrogen (secondary N) is 1. The summed E-state index contributed by atoms with van der Waals surface area (Å²) in [7, 11) is 0. The van der Waals surface area contributed by atoms with Crippen LogP contribution in [0.2, 0.25) is 0 Å². The maximum atomic E-state index is 4.46. The lowest BCUT2D eigenvalue weighted by molar-refractivity contribution is 1.01. The van der Waals surface area contributed by atoms with E-state index in [1.165, 1.54) is 10.4 Å². The molecular weight excluding hydrogens is 230 g/mol. The van der Waals surface area contributed by atoms with Crippen LogP contribution in [0.1, 0.15) is 28.8 Å². The summed E-state index contributed by atoms with van der Waals surface area (Å²) in [5.74, 6) is 0.851. The maximum Gasteiger partial charge on any atom is 0.145 e. The minimum atomic E-state index is 0.831. The fraction of sp³-hybridized carbons (Fsp3) is 0.385. The van der Waals surface area contributed by atoms with Gasteiger partial charge in [-0.25, -0.2) is 4.98 Å². The molecule has 0 aliphatic rings. The van der Waals surface area contributed by atoms with Crippen molar-refractivity contribution in [3.63, 3.8) is 0 Å². The molecule has 1 N–H and O–H groups in total. The number of nitrogens with zero attached hydrogens (tertiary/aromatic N) is 2. The Morgan fingerprint density at radius 2 is 2.12 bits per heavy atom. The highest BCUT2D eigenvalue weighted by Gasteiger charge is 2.03. The lowest BCUT2D eigenvalue weighted by Gasteiger charge is -2.07. The van der Waals surface area contributed by atoms with Gasteiger partial charge < -0.3 is 5.32 Å². The Kier molecular flexibility index (Phi) is 3.74. The summed E-state index contributed by atoms with van der Waals surface area (Å²) in [6.07, 6.45) is 2.88. The standard InChI is InChI=1S/C13H17N3S/c1-4-11-5-6-17-12(11)7-15-13-8-14-9(2)10(3)16-13/h5-6,8H,4,7H2,1-3H3,(H,15,16). The summed E-state index contributed by atoms with van der Waals surface area (Å²) in [6, 6.07) is 2.19. The van der Waals surface area contributed by atoms with Crippen molar-refractivity contribution in [1.82, 2.24) is 9.97 Å². The van der Waals surface area contributed by atoms with E-state index in [4.69, 9.17) is 0 Å². The van der Waals surface area contributed by atoms with Gasteiger partial charge in [-0.2, -0.15) is 0 Å². The van der Waals surface area contributed by atoms with Gasteiger partial charge in [0.1, 0.15) is 5.82 Å². The highest BCUT2D eigenvalue weighted by Crippen LogP contribution is 2.18. The summed E-state index contributed by atoms with van der Waals surface area (Å²) in [5.41, 5.74) is 3.39. The third-order valence-corrected chi connectivity index (χ3v) is 3.80. The molecule has 0 aliphatic carbocycles. The van der Waals surface area contributed by atoms with Gasteiger partial charge in [-0.3, -0.25) is 4.98 Å². The zero-order chi connectivity index (χ0) is 12.3. The molecule has 0 radical (unpaired) electrons. The number of rotatable bonds is 4. The molecule has 4 heteroatoms. The van der Waals surface area contributed by atoms with Crippen LogP contribution in [0, 0.1) is 13.8 Å². The third-order valence-electron chi connectivity index (χ3n) is 2.84. The number of aromatic nitrogens is 2. The molecule has 17 heavy (non-hydrogen) atoms. The molecule has 0 aliphatic heterocycles. The second kappa shape index (κ2) is 5.27. The molecule has 0 amide bonds. The number of aryl methyl sites for hydroxylation is 3. The van der Waals surface area contributed by atoms with Crippen molar-refractivity contribution in [3.05, 3.63) is 39.5 Å². The monoisotopic (exact) mass is 247 g/mol. The smallest absolute Gasteiger partial charge is 0.145 e. The lowest BCUT2D eigenvalue weighted by atomic mass is 10.2. The average Bonchev–Trinajstić information content (AvgIpc) is 2.78. The molecule has 2 aromatic rings. The Balaban J connectivity index is 2.05. The number of hydrogen-bond donors (Lipinski definition) is 1. The molecule has 0 spiro atoms. The predicted molar refractivity (Wildman–Crippen MR) is 72.5 cm³/mol. The molecule has 0 atom stereocenters. The van der Waals surface area contributed by atoms with Crippen LogP contribution in [0.4, 0.5) is 5.82 Å². The Labute approximate surface area is 106 Å². The van der Waals surface area contributed by atoms with E-state index in [-0.39, 0.29) is 0 Å². The minimum absolute atomic E-state index is 0.831. The minimum Gasteiger partial charge on any atom is -0.364 e. The van der Waals surface area contributed by atoms with Crippen molar-refractivity contribution in [2.45, 2.75) is 33.7 Å². The highest BCUT2D eigenvalue weighted by atomic mass is 32.1. The molecule has 3 nitrogen and oxygen atoms in total. The Morgan fingerprint density at radius 3 is 2.82 bits per heavy atom. The Hall–Kier alpha value is -1.42. The van der Waals surface area contributed by atoms with Gasteiger partial charge in [0.2, 0.25) is 0 Å². The summed E-state index contributed by atoms with van der Waals surface area (Å²) in [5, 5.41) is 5.47. The van der Waals surface area contributed by atoms with E-state index < -0.39 is 0 Å². The van der Waals surface area contributed by atoms with Crippen LogP contribution in [0.3, 0.4) is 0 Å². The van der Waals surface area contributed by atoms with Crippen LogP contribution in [0.25, 0.3) is 0 Å². The Bertz CT molecular complexity index is 505. The van der Waals surface area contributed by atoms with Gasteiger partial charge >= 0.3 is 0 Å². The van der Waals surface area contributed by atoms with Gasteiger partial charge in [-0.15, -0.1) is 11.3 Å². The van der Waals surface area contributed by atoms with Crippen molar-refractivity contribution < 1.29 is 0 Å². The molecule has 0 fully saturated rings. The van der Waals surface area contributed by atoms with Crippen molar-refractivity contribution in [2.24, 2.45) is 0 Å². The SMILES string of the molecule is CCc1ccsc1CNc1cnc(C)c(C)n1. The second-order valence-corrected chi connectivity index (χ2v) is 5.00. The molecule has 90 valence electrons. The van der Waals surface area contributed by atoms with E-state index in [0.29, 0.717) is 0 Å². The molecule has 2 aromatic heterocycles. The quantitative estimate of drug-likeness (QED) is 0.900. The predicted octanol–water partition coefficient (Wildman–Crippen LogP) is 3.33. The normalized spacial score (nSPS) is 10.5. The average molecular weight is 247 g/mol. The van der Waals surface area contributed by atoms with Gasteiger partial charge in [0.05, 0.1) is 24.1 Å². The summed E-state index contributed by atoms with van der Waals surface area (Å²) in [4.78, 5) is 10.1. The van der Waals surface area contributed by atoms with Gasteiger partial charge in [0.15, 0.2) is 0 Å². The fourth-order valence-electron chi connectivity index (χ4n) is 1.63. The summed E-state index contributed by atoms with van der Waals surface area (Å²) in [6.45, 7) is 6.97. The zero-order valence-corrected chi connectivity index (χ0v) is 11.3. The van der Waals surface area contributed by atoms with Crippen LogP contribution >= 0.6 is 11.3 Å². The summed E-state index contributed by atoms with van der Waals surface area (Å²) < 4.78 is 0. The molecule has 0 unspecified atom stereocenters. The largest absolute Gasteiger partial charge is 0.364 e. The van der Waals surface area contributed by atoms with Gasteiger partial charge in [0, 0.05) is 4.88 Å². The lowest BCUT2D eigenvalue weighted by Crippen LogP contribution is -2.04. The van der Waals surface area contributed by atoms with E-state index in [9.17, 15) is 0 Å². The van der Waals surface area contributed by atoms with Crippen molar-refractivity contribution in [3.8, 4) is 0 Å². The van der Waals surface area contributed by atoms with Crippen LogP contribution in [0.15, 0.2) is 17.6 Å². The van der Waals surface area contributed by atoms with Crippen LogP contribution < -0.4 is 5.32 Å². The number of anilines is 1. The first-order valence-corrected chi connectivity index (χ1v) is 6.68. The molecular formula is C13H17N3S. The third kappa shape index (κ3) is 2.82.